The van der Waals surface area contributed by atoms with E-state index in [0.717, 1.165) is 28.1 Å². The van der Waals surface area contributed by atoms with E-state index in [1.54, 1.807) is 18.3 Å². The van der Waals surface area contributed by atoms with Crippen LogP contribution >= 0.6 is 0 Å². The van der Waals surface area contributed by atoms with Crippen molar-refractivity contribution >= 4 is 34.1 Å². The topological polar surface area (TPSA) is 66.0 Å². The van der Waals surface area contributed by atoms with E-state index >= 15 is 0 Å². The van der Waals surface area contributed by atoms with Gasteiger partial charge in [0.2, 0.25) is 0 Å². The van der Waals surface area contributed by atoms with Crippen molar-refractivity contribution in [2.45, 2.75) is 13.3 Å². The van der Waals surface area contributed by atoms with E-state index < -0.39 is 17.6 Å². The molecule has 1 heterocycles. The molecule has 0 radical (unpaired) electrons. The van der Waals surface area contributed by atoms with Gasteiger partial charge in [0.05, 0.1) is 11.7 Å². The molecule has 3 aromatic carbocycles. The van der Waals surface area contributed by atoms with Gasteiger partial charge in [-0.2, -0.15) is 5.10 Å². The summed E-state index contributed by atoms with van der Waals surface area (Å²) in [6, 6.07) is 16.8. The number of aromatic nitrogens is 2. The summed E-state index contributed by atoms with van der Waals surface area (Å²) in [5, 5.41) is 16.7. The van der Waals surface area contributed by atoms with Gasteiger partial charge in [-0.25, -0.2) is 13.6 Å². The van der Waals surface area contributed by atoms with Gasteiger partial charge >= 0.3 is 5.97 Å². The number of halogens is 2. The summed E-state index contributed by atoms with van der Waals surface area (Å²) in [5.41, 5.74) is 4.32. The number of nitrogens with one attached hydrogen (secondary N) is 1. The molecule has 0 amide bonds. The normalized spacial score (nSPS) is 12.3. The number of carboxylic acids is 1. The first-order valence-electron chi connectivity index (χ1n) is 10.1. The highest BCUT2D eigenvalue weighted by atomic mass is 19.1. The molecule has 0 aliphatic heterocycles. The van der Waals surface area contributed by atoms with Gasteiger partial charge < -0.3 is 5.11 Å². The largest absolute Gasteiger partial charge is 0.478 e. The summed E-state index contributed by atoms with van der Waals surface area (Å²) in [6.07, 6.45) is 4.65. The molecular weight excluding hydrogens is 410 g/mol. The molecule has 4 rings (SSSR count). The molecule has 0 unspecified atom stereocenters. The number of fused-ring (bicyclic) bond motifs is 1. The zero-order chi connectivity index (χ0) is 22.7. The van der Waals surface area contributed by atoms with Crippen LogP contribution in [-0.4, -0.2) is 21.3 Å². The Morgan fingerprint density at radius 1 is 1.03 bits per heavy atom. The number of hydrogen-bond donors (Lipinski definition) is 2. The molecule has 0 bridgehead atoms. The summed E-state index contributed by atoms with van der Waals surface area (Å²) >= 11 is 0. The monoisotopic (exact) mass is 430 g/mol. The highest BCUT2D eigenvalue weighted by Crippen LogP contribution is 2.37. The Balaban J connectivity index is 1.96. The highest BCUT2D eigenvalue weighted by Gasteiger charge is 2.19. The molecule has 0 saturated carbocycles. The van der Waals surface area contributed by atoms with Crippen LogP contribution in [0, 0.1) is 11.6 Å². The summed E-state index contributed by atoms with van der Waals surface area (Å²) in [7, 11) is 0. The van der Waals surface area contributed by atoms with Crippen LogP contribution in [-0.2, 0) is 4.79 Å². The van der Waals surface area contributed by atoms with Crippen molar-refractivity contribution in [1.29, 1.82) is 0 Å². The lowest BCUT2D eigenvalue weighted by Gasteiger charge is -2.17. The minimum absolute atomic E-state index is 0.0489. The number of carbonyl (C=O) groups is 1. The molecule has 0 spiro atoms. The first kappa shape index (κ1) is 21.2. The number of aromatic amines is 1. The van der Waals surface area contributed by atoms with Crippen molar-refractivity contribution in [3.8, 4) is 0 Å². The Bertz CT molecular complexity index is 1330. The van der Waals surface area contributed by atoms with Crippen molar-refractivity contribution in [2.75, 3.05) is 0 Å². The van der Waals surface area contributed by atoms with Crippen LogP contribution in [0.4, 0.5) is 8.78 Å². The van der Waals surface area contributed by atoms with E-state index in [9.17, 15) is 13.6 Å². The van der Waals surface area contributed by atoms with Gasteiger partial charge in [0.25, 0.3) is 0 Å². The number of aliphatic carboxylic acids is 1. The second kappa shape index (κ2) is 8.98. The van der Waals surface area contributed by atoms with Crippen LogP contribution in [0.1, 0.15) is 35.6 Å². The van der Waals surface area contributed by atoms with E-state index in [-0.39, 0.29) is 5.56 Å². The Morgan fingerprint density at radius 3 is 2.38 bits per heavy atom. The summed E-state index contributed by atoms with van der Waals surface area (Å²) < 4.78 is 29.5. The molecule has 0 aliphatic rings. The minimum atomic E-state index is -1.04. The Labute approximate surface area is 183 Å². The van der Waals surface area contributed by atoms with Crippen molar-refractivity contribution in [1.82, 2.24) is 10.2 Å². The third kappa shape index (κ3) is 4.21. The van der Waals surface area contributed by atoms with Gasteiger partial charge in [-0.15, -0.1) is 0 Å². The highest BCUT2D eigenvalue weighted by molar-refractivity contribution is 6.00. The molecule has 0 fully saturated rings. The molecule has 0 aliphatic carbocycles. The number of hydrogen-bond acceptors (Lipinski definition) is 2. The van der Waals surface area contributed by atoms with E-state index in [4.69, 9.17) is 5.11 Å². The molecule has 2 N–H and O–H groups in total. The van der Waals surface area contributed by atoms with Crippen LogP contribution in [0.15, 0.2) is 72.9 Å². The lowest BCUT2D eigenvalue weighted by molar-refractivity contribution is -0.131. The van der Waals surface area contributed by atoms with Gasteiger partial charge in [0.15, 0.2) is 0 Å². The van der Waals surface area contributed by atoms with Gasteiger partial charge in [-0.1, -0.05) is 43.3 Å². The first-order chi connectivity index (χ1) is 15.5. The average molecular weight is 430 g/mol. The van der Waals surface area contributed by atoms with Gasteiger partial charge in [0.1, 0.15) is 11.6 Å². The SMILES string of the molecule is CC/C(=C(/c1ccc(/C=C/C(=O)O)cc1)c1ccc2[nH]ncc2c1)c1c(F)cccc1F. The summed E-state index contributed by atoms with van der Waals surface area (Å²) in [5.74, 6) is -2.28. The van der Waals surface area contributed by atoms with Crippen molar-refractivity contribution in [3.05, 3.63) is 107 Å². The molecule has 0 saturated heterocycles. The molecule has 160 valence electrons. The van der Waals surface area contributed by atoms with Crippen LogP contribution < -0.4 is 0 Å². The van der Waals surface area contributed by atoms with Crippen LogP contribution in [0.3, 0.4) is 0 Å². The van der Waals surface area contributed by atoms with E-state index in [2.05, 4.69) is 10.2 Å². The van der Waals surface area contributed by atoms with Gasteiger partial charge in [-0.3, -0.25) is 5.10 Å². The van der Waals surface area contributed by atoms with E-state index in [0.29, 0.717) is 23.1 Å². The molecular formula is C26H20F2N2O2. The summed E-state index contributed by atoms with van der Waals surface area (Å²) in [6.45, 7) is 1.86. The quantitative estimate of drug-likeness (QED) is 0.278. The number of benzene rings is 3. The third-order valence-corrected chi connectivity index (χ3v) is 5.27. The first-order valence-corrected chi connectivity index (χ1v) is 10.1. The predicted molar refractivity (Wildman–Crippen MR) is 122 cm³/mol. The molecule has 0 atom stereocenters. The number of allylic oxidation sites excluding steroid dienone is 1. The standard InChI is InChI=1S/C26H20F2N2O2/c1-2-20(26-21(27)4-3-5-22(26)28)25(18-11-12-23-19(14-18)15-29-30-23)17-9-6-16(7-10-17)8-13-24(31)32/h3-15H,2H2,1H3,(H,29,30)(H,31,32)/b13-8+,25-20+. The predicted octanol–water partition coefficient (Wildman–Crippen LogP) is 6.31. The number of carboxylic acid groups (broad SMARTS) is 1. The molecule has 32 heavy (non-hydrogen) atoms. The lowest BCUT2D eigenvalue weighted by Crippen LogP contribution is -2.00. The van der Waals surface area contributed by atoms with Gasteiger partial charge in [0, 0.05) is 17.0 Å². The molecule has 4 aromatic rings. The molecule has 4 nitrogen and oxygen atoms in total. The maximum absolute atomic E-state index is 14.8. The fourth-order valence-electron chi connectivity index (χ4n) is 3.81. The second-order valence-corrected chi connectivity index (χ2v) is 7.27. The van der Waals surface area contributed by atoms with Crippen molar-refractivity contribution < 1.29 is 18.7 Å². The maximum Gasteiger partial charge on any atom is 0.328 e. The molecule has 1 aromatic heterocycles. The number of nitrogens with zero attached hydrogens (tertiary/aromatic N) is 1. The number of rotatable bonds is 6. The Kier molecular flexibility index (Phi) is 5.94. The fraction of sp³-hybridized carbons (Fsp3) is 0.0769. The summed E-state index contributed by atoms with van der Waals surface area (Å²) in [4.78, 5) is 10.8. The lowest BCUT2D eigenvalue weighted by atomic mass is 9.87. The van der Waals surface area contributed by atoms with Crippen LogP contribution in [0.25, 0.3) is 28.1 Å². The Morgan fingerprint density at radius 2 is 1.72 bits per heavy atom. The second-order valence-electron chi connectivity index (χ2n) is 7.27. The fourth-order valence-corrected chi connectivity index (χ4v) is 3.81. The van der Waals surface area contributed by atoms with Crippen molar-refractivity contribution in [2.24, 2.45) is 0 Å². The van der Waals surface area contributed by atoms with Gasteiger partial charge in [-0.05, 0) is 64.6 Å². The smallest absolute Gasteiger partial charge is 0.328 e. The van der Waals surface area contributed by atoms with Crippen molar-refractivity contribution in [3.63, 3.8) is 0 Å². The maximum atomic E-state index is 14.8. The van der Waals surface area contributed by atoms with Crippen LogP contribution in [0.5, 0.6) is 0 Å². The average Bonchev–Trinajstić information content (AvgIpc) is 3.25. The Hall–Kier alpha value is -4.06. The zero-order valence-electron chi connectivity index (χ0n) is 17.3. The number of H-pyrrole nitrogens is 1. The minimum Gasteiger partial charge on any atom is -0.478 e. The third-order valence-electron chi connectivity index (χ3n) is 5.27. The van der Waals surface area contributed by atoms with E-state index in [1.165, 1.54) is 24.3 Å². The van der Waals surface area contributed by atoms with Crippen LogP contribution in [0.2, 0.25) is 0 Å². The van der Waals surface area contributed by atoms with E-state index in [1.807, 2.05) is 37.3 Å². The zero-order valence-corrected chi connectivity index (χ0v) is 17.3. The molecule has 6 heteroatoms.